The molecule has 4 rings (SSSR count). The zero-order valence-corrected chi connectivity index (χ0v) is 21.1. The van der Waals surface area contributed by atoms with Gasteiger partial charge in [0.2, 0.25) is 11.8 Å². The molecule has 0 saturated carbocycles. The van der Waals surface area contributed by atoms with E-state index in [1.807, 2.05) is 23.6 Å². The number of aromatic nitrogens is 6. The van der Waals surface area contributed by atoms with Gasteiger partial charge in [0.05, 0.1) is 37.6 Å². The first-order valence-corrected chi connectivity index (χ1v) is 13.2. The van der Waals surface area contributed by atoms with E-state index < -0.39 is 15.1 Å². The van der Waals surface area contributed by atoms with Crippen molar-refractivity contribution in [1.82, 2.24) is 29.7 Å². The Bertz CT molecular complexity index is 1240. The Labute approximate surface area is 204 Å². The predicted molar refractivity (Wildman–Crippen MR) is 128 cm³/mol. The normalized spacial score (nSPS) is 16.6. The van der Waals surface area contributed by atoms with Crippen molar-refractivity contribution in [2.45, 2.75) is 49.7 Å². The minimum atomic E-state index is -3.62. The molecule has 1 aliphatic heterocycles. The van der Waals surface area contributed by atoms with Gasteiger partial charge in [-0.25, -0.2) is 18.4 Å². The molecule has 1 fully saturated rings. The molecular weight excluding hydrogens is 472 g/mol. The van der Waals surface area contributed by atoms with Crippen molar-refractivity contribution in [3.63, 3.8) is 0 Å². The van der Waals surface area contributed by atoms with Crippen molar-refractivity contribution < 1.29 is 22.6 Å². The van der Waals surface area contributed by atoms with Gasteiger partial charge >= 0.3 is 0 Å². The lowest BCUT2D eigenvalue weighted by Crippen LogP contribution is -2.28. The van der Waals surface area contributed by atoms with Gasteiger partial charge in [-0.3, -0.25) is 4.98 Å². The van der Waals surface area contributed by atoms with E-state index in [4.69, 9.17) is 14.2 Å². The number of sulfone groups is 1. The highest BCUT2D eigenvalue weighted by atomic mass is 32.2. The Morgan fingerprint density at radius 3 is 2.46 bits per heavy atom. The number of methoxy groups -OCH3 is 2. The summed E-state index contributed by atoms with van der Waals surface area (Å²) in [5, 5.41) is 7.95. The van der Waals surface area contributed by atoms with Crippen LogP contribution in [0.4, 0.5) is 0 Å². The monoisotopic (exact) mass is 502 g/mol. The van der Waals surface area contributed by atoms with Crippen molar-refractivity contribution in [2.24, 2.45) is 0 Å². The predicted octanol–water partition coefficient (Wildman–Crippen LogP) is 2.61. The summed E-state index contributed by atoms with van der Waals surface area (Å²) in [6, 6.07) is 5.38. The van der Waals surface area contributed by atoms with Crippen LogP contribution in [0.2, 0.25) is 0 Å². The van der Waals surface area contributed by atoms with Gasteiger partial charge in [-0.15, -0.1) is 10.2 Å². The highest BCUT2D eigenvalue weighted by Crippen LogP contribution is 2.31. The van der Waals surface area contributed by atoms with E-state index in [9.17, 15) is 8.42 Å². The zero-order valence-electron chi connectivity index (χ0n) is 20.3. The molecule has 35 heavy (non-hydrogen) atoms. The fraction of sp³-hybridized carbons (Fsp3) is 0.522. The first-order chi connectivity index (χ1) is 16.8. The van der Waals surface area contributed by atoms with Gasteiger partial charge in [0.15, 0.2) is 15.7 Å². The van der Waals surface area contributed by atoms with E-state index in [1.165, 1.54) is 13.3 Å². The molecule has 0 amide bonds. The number of hydrogen-bond acceptors (Lipinski definition) is 10. The minimum absolute atomic E-state index is 0.00661. The van der Waals surface area contributed by atoms with Gasteiger partial charge in [0.25, 0.3) is 0 Å². The standard InChI is InChI=1S/C23H30N6O5S/c1-15(19-12-25-22(33-4)13-24-19)16(2)35(30,31)14-20-27-28-23(18-6-5-7-21(26-18)32-3)29(20)17-8-10-34-11-9-17/h5-7,12-13,15-17H,8-11,14H2,1-4H3/t15-,16-/m0/s1. The summed E-state index contributed by atoms with van der Waals surface area (Å²) in [6.45, 7) is 4.69. The maximum absolute atomic E-state index is 13.5. The minimum Gasteiger partial charge on any atom is -0.481 e. The molecule has 0 aromatic carbocycles. The van der Waals surface area contributed by atoms with Gasteiger partial charge in [0, 0.05) is 31.2 Å². The average Bonchev–Trinajstić information content (AvgIpc) is 3.31. The van der Waals surface area contributed by atoms with Crippen LogP contribution in [-0.4, -0.2) is 70.8 Å². The first kappa shape index (κ1) is 25.0. The summed E-state index contributed by atoms with van der Waals surface area (Å²) in [6.07, 6.45) is 4.50. The lowest BCUT2D eigenvalue weighted by molar-refractivity contribution is 0.0693. The summed E-state index contributed by atoms with van der Waals surface area (Å²) in [7, 11) is -0.569. The van der Waals surface area contributed by atoms with Gasteiger partial charge in [-0.2, -0.15) is 0 Å². The Morgan fingerprint density at radius 2 is 1.80 bits per heavy atom. The molecule has 3 aromatic rings. The molecule has 1 saturated heterocycles. The highest BCUT2D eigenvalue weighted by Gasteiger charge is 2.33. The summed E-state index contributed by atoms with van der Waals surface area (Å²) < 4.78 is 44.8. The van der Waals surface area contributed by atoms with E-state index in [2.05, 4.69) is 25.1 Å². The molecule has 188 valence electrons. The second-order valence-corrected chi connectivity index (χ2v) is 10.9. The SMILES string of the molecule is COc1cnc([C@@H](C)[C@H](C)S(=O)(=O)Cc2nnc(-c3cccc(OC)n3)n2C2CCOCC2)cn1. The highest BCUT2D eigenvalue weighted by molar-refractivity contribution is 7.91. The van der Waals surface area contributed by atoms with Crippen LogP contribution >= 0.6 is 0 Å². The number of pyridine rings is 1. The summed E-state index contributed by atoms with van der Waals surface area (Å²) in [4.78, 5) is 13.0. The Morgan fingerprint density at radius 1 is 1.06 bits per heavy atom. The Hall–Kier alpha value is -3.12. The van der Waals surface area contributed by atoms with Crippen molar-refractivity contribution in [2.75, 3.05) is 27.4 Å². The van der Waals surface area contributed by atoms with E-state index >= 15 is 0 Å². The molecule has 0 spiro atoms. The van der Waals surface area contributed by atoms with Crippen LogP contribution in [0.1, 0.15) is 50.2 Å². The third-order valence-electron chi connectivity index (χ3n) is 6.41. The molecule has 0 unspecified atom stereocenters. The van der Waals surface area contributed by atoms with Crippen LogP contribution in [0.5, 0.6) is 11.8 Å². The summed E-state index contributed by atoms with van der Waals surface area (Å²) in [5.41, 5.74) is 1.15. The van der Waals surface area contributed by atoms with Crippen LogP contribution < -0.4 is 9.47 Å². The van der Waals surface area contributed by atoms with Gasteiger partial charge in [-0.05, 0) is 25.8 Å². The number of hydrogen-bond donors (Lipinski definition) is 0. The average molecular weight is 503 g/mol. The van der Waals surface area contributed by atoms with E-state index in [1.54, 1.807) is 26.3 Å². The quantitative estimate of drug-likeness (QED) is 0.430. The first-order valence-electron chi connectivity index (χ1n) is 11.4. The van der Waals surface area contributed by atoms with E-state index in [-0.39, 0.29) is 17.7 Å². The van der Waals surface area contributed by atoms with E-state index in [0.29, 0.717) is 48.0 Å². The third-order valence-corrected chi connectivity index (χ3v) is 8.61. The molecular formula is C23H30N6O5S. The maximum atomic E-state index is 13.5. The van der Waals surface area contributed by atoms with Crippen LogP contribution in [0, 0.1) is 0 Å². The zero-order chi connectivity index (χ0) is 25.0. The second kappa shape index (κ2) is 10.6. The number of nitrogens with zero attached hydrogens (tertiary/aromatic N) is 6. The molecule has 12 heteroatoms. The Balaban J connectivity index is 1.65. The molecule has 2 atom stereocenters. The molecule has 11 nitrogen and oxygen atoms in total. The molecule has 1 aliphatic rings. The molecule has 0 radical (unpaired) electrons. The van der Waals surface area contributed by atoms with Gasteiger partial charge in [-0.1, -0.05) is 13.0 Å². The van der Waals surface area contributed by atoms with Crippen molar-refractivity contribution >= 4 is 9.84 Å². The summed E-state index contributed by atoms with van der Waals surface area (Å²) in [5.74, 6) is 1.09. The smallest absolute Gasteiger partial charge is 0.231 e. The van der Waals surface area contributed by atoms with Crippen molar-refractivity contribution in [1.29, 1.82) is 0 Å². The van der Waals surface area contributed by atoms with Crippen molar-refractivity contribution in [3.05, 3.63) is 42.1 Å². The number of ether oxygens (including phenoxy) is 3. The lowest BCUT2D eigenvalue weighted by atomic mass is 10.1. The van der Waals surface area contributed by atoms with Crippen LogP contribution in [-0.2, 0) is 20.3 Å². The van der Waals surface area contributed by atoms with Gasteiger partial charge < -0.3 is 18.8 Å². The third kappa shape index (κ3) is 5.43. The summed E-state index contributed by atoms with van der Waals surface area (Å²) >= 11 is 0. The van der Waals surface area contributed by atoms with Crippen LogP contribution in [0.3, 0.4) is 0 Å². The largest absolute Gasteiger partial charge is 0.481 e. The molecule has 4 heterocycles. The van der Waals surface area contributed by atoms with Crippen LogP contribution in [0.15, 0.2) is 30.6 Å². The lowest BCUT2D eigenvalue weighted by Gasteiger charge is -2.26. The fourth-order valence-electron chi connectivity index (χ4n) is 4.11. The second-order valence-electron chi connectivity index (χ2n) is 8.50. The topological polar surface area (TPSA) is 131 Å². The van der Waals surface area contributed by atoms with E-state index in [0.717, 1.165) is 12.8 Å². The molecule has 0 aliphatic carbocycles. The molecule has 0 N–H and O–H groups in total. The number of rotatable bonds is 9. The maximum Gasteiger partial charge on any atom is 0.231 e. The molecule has 0 bridgehead atoms. The molecule has 3 aromatic heterocycles. The van der Waals surface area contributed by atoms with Crippen molar-refractivity contribution in [3.8, 4) is 23.3 Å². The van der Waals surface area contributed by atoms with Gasteiger partial charge in [0.1, 0.15) is 17.3 Å². The van der Waals surface area contributed by atoms with Crippen LogP contribution in [0.25, 0.3) is 11.5 Å². The fourth-order valence-corrected chi connectivity index (χ4v) is 5.69. The Kier molecular flexibility index (Phi) is 7.60.